The summed E-state index contributed by atoms with van der Waals surface area (Å²) in [6.45, 7) is 12.9. The molecule has 0 aliphatic heterocycles. The molecule has 0 aliphatic rings. The second kappa shape index (κ2) is 11.2. The maximum atomic E-state index is 2.26. The Morgan fingerprint density at radius 1 is 0.250 bits per heavy atom. The van der Waals surface area contributed by atoms with Gasteiger partial charge in [0.25, 0.3) is 0 Å². The van der Waals surface area contributed by atoms with Crippen LogP contribution in [0.2, 0.25) is 0 Å². The van der Waals surface area contributed by atoms with E-state index in [-0.39, 0.29) is 0 Å². The Hall–Kier alpha value is -3.90. The lowest BCUT2D eigenvalue weighted by atomic mass is 9.97. The monoisotopic (exact) mass is 468 g/mol. The minimum atomic E-state index is 1.27. The van der Waals surface area contributed by atoms with Crippen LogP contribution in [0.1, 0.15) is 33.4 Å². The van der Waals surface area contributed by atoms with Gasteiger partial charge in [-0.05, 0) is 97.2 Å². The molecule has 0 unspecified atom stereocenters. The third-order valence-corrected chi connectivity index (χ3v) is 7.00. The zero-order valence-electron chi connectivity index (χ0n) is 22.4. The number of benzene rings is 5. The quantitative estimate of drug-likeness (QED) is 0.247. The molecule has 0 amide bonds. The van der Waals surface area contributed by atoms with Gasteiger partial charge in [0.1, 0.15) is 0 Å². The van der Waals surface area contributed by atoms with Gasteiger partial charge in [-0.15, -0.1) is 0 Å². The highest BCUT2D eigenvalue weighted by atomic mass is 14.1. The Labute approximate surface area is 217 Å². The molecule has 180 valence electrons. The molecular weight excluding hydrogens is 432 g/mol. The average Bonchev–Trinajstić information content (AvgIpc) is 2.89. The maximum Gasteiger partial charge on any atom is -0.0181 e. The predicted molar refractivity (Wildman–Crippen MR) is 158 cm³/mol. The fourth-order valence-corrected chi connectivity index (χ4v) is 4.19. The van der Waals surface area contributed by atoms with E-state index >= 15 is 0 Å². The summed E-state index contributed by atoms with van der Waals surface area (Å²) in [5.74, 6) is 0. The van der Waals surface area contributed by atoms with Gasteiger partial charge in [-0.1, -0.05) is 120 Å². The number of aryl methyl sites for hydroxylation is 6. The molecule has 0 spiro atoms. The molecule has 0 heteroatoms. The van der Waals surface area contributed by atoms with Gasteiger partial charge in [0.05, 0.1) is 0 Å². The van der Waals surface area contributed by atoms with Crippen LogP contribution in [0.15, 0.2) is 109 Å². The molecule has 0 radical (unpaired) electrons. The summed E-state index contributed by atoms with van der Waals surface area (Å²) in [4.78, 5) is 0. The van der Waals surface area contributed by atoms with Gasteiger partial charge < -0.3 is 0 Å². The van der Waals surface area contributed by atoms with Crippen molar-refractivity contribution in [3.05, 3.63) is 143 Å². The number of rotatable bonds is 3. The molecule has 0 aliphatic carbocycles. The van der Waals surface area contributed by atoms with Gasteiger partial charge in [-0.2, -0.15) is 0 Å². The molecule has 0 heterocycles. The molecule has 0 aromatic heterocycles. The third kappa shape index (κ3) is 6.20. The standard InChI is InChI=1S/C21H20.C15H16/c1-15-4-7-18(8-5-15)19-10-12-20(13-11-19)21-9-6-16(2)17(3)14-21;1-11-4-7-14(8-5-11)15-9-6-12(2)13(3)10-15/h4-14H,1-3H3;4-10H,1-3H3. The van der Waals surface area contributed by atoms with Crippen molar-refractivity contribution < 1.29 is 0 Å². The van der Waals surface area contributed by atoms with Crippen LogP contribution in [0.4, 0.5) is 0 Å². The molecule has 0 saturated carbocycles. The highest BCUT2D eigenvalue weighted by molar-refractivity contribution is 5.71. The van der Waals surface area contributed by atoms with Gasteiger partial charge in [-0.25, -0.2) is 0 Å². The van der Waals surface area contributed by atoms with Crippen LogP contribution < -0.4 is 0 Å². The summed E-state index contributed by atoms with van der Waals surface area (Å²) in [5.41, 5.74) is 15.7. The second-order valence-electron chi connectivity index (χ2n) is 9.91. The van der Waals surface area contributed by atoms with Crippen molar-refractivity contribution >= 4 is 0 Å². The number of hydrogen-bond acceptors (Lipinski definition) is 0. The lowest BCUT2D eigenvalue weighted by Crippen LogP contribution is -1.84. The summed E-state index contributed by atoms with van der Waals surface area (Å²) in [5, 5.41) is 0. The van der Waals surface area contributed by atoms with Gasteiger partial charge in [0.15, 0.2) is 0 Å². The number of hydrogen-bond donors (Lipinski definition) is 0. The van der Waals surface area contributed by atoms with Crippen LogP contribution >= 0.6 is 0 Å². The molecule has 0 N–H and O–H groups in total. The first-order chi connectivity index (χ1) is 17.3. The minimum Gasteiger partial charge on any atom is -0.0587 e. The van der Waals surface area contributed by atoms with Gasteiger partial charge in [0, 0.05) is 0 Å². The fourth-order valence-electron chi connectivity index (χ4n) is 4.19. The predicted octanol–water partition coefficient (Wildman–Crippen LogP) is 10.2. The first-order valence-electron chi connectivity index (χ1n) is 12.7. The lowest BCUT2D eigenvalue weighted by Gasteiger charge is -2.07. The van der Waals surface area contributed by atoms with Crippen molar-refractivity contribution in [1.29, 1.82) is 0 Å². The van der Waals surface area contributed by atoms with E-state index in [1.165, 1.54) is 66.8 Å². The van der Waals surface area contributed by atoms with E-state index in [1.54, 1.807) is 0 Å². The topological polar surface area (TPSA) is 0 Å². The molecule has 0 saturated heterocycles. The smallest absolute Gasteiger partial charge is 0.0181 e. The highest BCUT2D eigenvalue weighted by Crippen LogP contribution is 2.26. The second-order valence-corrected chi connectivity index (χ2v) is 9.91. The van der Waals surface area contributed by atoms with Crippen molar-refractivity contribution in [3.63, 3.8) is 0 Å². The summed E-state index contributed by atoms with van der Waals surface area (Å²) >= 11 is 0. The van der Waals surface area contributed by atoms with Crippen LogP contribution in [0.3, 0.4) is 0 Å². The van der Waals surface area contributed by atoms with Crippen molar-refractivity contribution in [2.75, 3.05) is 0 Å². The van der Waals surface area contributed by atoms with Crippen molar-refractivity contribution in [2.45, 2.75) is 41.5 Å². The van der Waals surface area contributed by atoms with E-state index in [1.807, 2.05) is 0 Å². The summed E-state index contributed by atoms with van der Waals surface area (Å²) in [7, 11) is 0. The summed E-state index contributed by atoms with van der Waals surface area (Å²) < 4.78 is 0. The summed E-state index contributed by atoms with van der Waals surface area (Å²) in [6, 6.07) is 39.5. The zero-order valence-corrected chi connectivity index (χ0v) is 22.4. The van der Waals surface area contributed by atoms with Gasteiger partial charge in [-0.3, -0.25) is 0 Å². The van der Waals surface area contributed by atoms with E-state index in [0.717, 1.165) is 0 Å². The van der Waals surface area contributed by atoms with E-state index in [2.05, 4.69) is 151 Å². The van der Waals surface area contributed by atoms with E-state index in [9.17, 15) is 0 Å². The van der Waals surface area contributed by atoms with Crippen molar-refractivity contribution in [1.82, 2.24) is 0 Å². The summed E-state index contributed by atoms with van der Waals surface area (Å²) in [6.07, 6.45) is 0. The first-order valence-corrected chi connectivity index (χ1v) is 12.7. The van der Waals surface area contributed by atoms with Crippen LogP contribution in [-0.4, -0.2) is 0 Å². The molecule has 0 bridgehead atoms. The Balaban J connectivity index is 0.000000179. The molecule has 5 rings (SSSR count). The van der Waals surface area contributed by atoms with Crippen LogP contribution in [0.25, 0.3) is 33.4 Å². The van der Waals surface area contributed by atoms with Crippen LogP contribution in [-0.2, 0) is 0 Å². The zero-order chi connectivity index (χ0) is 25.7. The molecule has 5 aromatic rings. The normalized spacial score (nSPS) is 10.5. The maximum absolute atomic E-state index is 2.26. The average molecular weight is 469 g/mol. The highest BCUT2D eigenvalue weighted by Gasteiger charge is 2.02. The minimum absolute atomic E-state index is 1.27. The molecule has 5 aromatic carbocycles. The molecule has 0 nitrogen and oxygen atoms in total. The SMILES string of the molecule is Cc1ccc(-c2ccc(-c3ccc(C)c(C)c3)cc2)cc1.Cc1ccc(-c2ccc(C)c(C)c2)cc1. The largest absolute Gasteiger partial charge is 0.0587 e. The van der Waals surface area contributed by atoms with Crippen molar-refractivity contribution in [3.8, 4) is 33.4 Å². The van der Waals surface area contributed by atoms with Crippen LogP contribution in [0, 0.1) is 41.5 Å². The van der Waals surface area contributed by atoms with Gasteiger partial charge in [0.2, 0.25) is 0 Å². The lowest BCUT2D eigenvalue weighted by molar-refractivity contribution is 1.34. The Morgan fingerprint density at radius 2 is 0.500 bits per heavy atom. The molecule has 0 atom stereocenters. The third-order valence-electron chi connectivity index (χ3n) is 7.00. The molecule has 0 fully saturated rings. The van der Waals surface area contributed by atoms with Crippen LogP contribution in [0.5, 0.6) is 0 Å². The van der Waals surface area contributed by atoms with E-state index in [4.69, 9.17) is 0 Å². The fraction of sp³-hybridized carbons (Fsp3) is 0.167. The Bertz CT molecular complexity index is 1430. The van der Waals surface area contributed by atoms with E-state index < -0.39 is 0 Å². The van der Waals surface area contributed by atoms with E-state index in [0.29, 0.717) is 0 Å². The van der Waals surface area contributed by atoms with Gasteiger partial charge >= 0.3 is 0 Å². The van der Waals surface area contributed by atoms with Crippen molar-refractivity contribution in [2.24, 2.45) is 0 Å². The first kappa shape index (κ1) is 25.2. The Morgan fingerprint density at radius 3 is 0.806 bits per heavy atom. The molecule has 36 heavy (non-hydrogen) atoms. The molecular formula is C36H36. The Kier molecular flexibility index (Phi) is 7.86.